The lowest BCUT2D eigenvalue weighted by Crippen LogP contribution is -2.44. The van der Waals surface area contributed by atoms with Gasteiger partial charge in [0.15, 0.2) is 0 Å². The summed E-state index contributed by atoms with van der Waals surface area (Å²) in [5.74, 6) is -0.588. The molecule has 0 fully saturated rings. The Kier molecular flexibility index (Phi) is 6.27. The minimum atomic E-state index is -3.77. The fourth-order valence-corrected chi connectivity index (χ4v) is 4.32. The summed E-state index contributed by atoms with van der Waals surface area (Å²) in [6, 6.07) is 3.81. The average Bonchev–Trinajstić information content (AvgIpc) is 2.37. The molecule has 1 rings (SSSR count). The van der Waals surface area contributed by atoms with Crippen LogP contribution in [0.4, 0.5) is 4.39 Å². The molecule has 0 aliphatic carbocycles. The molecule has 2 N–H and O–H groups in total. The second-order valence-corrected chi connectivity index (χ2v) is 7.10. The molecule has 0 saturated carbocycles. The van der Waals surface area contributed by atoms with Crippen molar-refractivity contribution in [3.05, 3.63) is 29.6 Å². The smallest absolute Gasteiger partial charge is 0.243 e. The number of hydrogen-bond acceptors (Lipinski definition) is 4. The fraction of sp³-hybridized carbons (Fsp3) is 0.571. The van der Waals surface area contributed by atoms with Crippen LogP contribution in [-0.4, -0.2) is 50.8 Å². The molecule has 0 heterocycles. The molecule has 0 bridgehead atoms. The molecular formula is C14H24FN3O2S. The van der Waals surface area contributed by atoms with Gasteiger partial charge in [-0.1, -0.05) is 13.0 Å². The van der Waals surface area contributed by atoms with Gasteiger partial charge >= 0.3 is 0 Å². The number of nitrogens with two attached hydrogens (primary N) is 1. The summed E-state index contributed by atoms with van der Waals surface area (Å²) in [4.78, 5) is 1.87. The lowest BCUT2D eigenvalue weighted by atomic mass is 10.2. The van der Waals surface area contributed by atoms with Gasteiger partial charge in [-0.15, -0.1) is 0 Å². The van der Waals surface area contributed by atoms with Gasteiger partial charge in [-0.3, -0.25) is 0 Å². The van der Waals surface area contributed by atoms with Crippen LogP contribution < -0.4 is 5.73 Å². The van der Waals surface area contributed by atoms with Crippen molar-refractivity contribution in [1.29, 1.82) is 0 Å². The van der Waals surface area contributed by atoms with Gasteiger partial charge in [-0.2, -0.15) is 4.31 Å². The van der Waals surface area contributed by atoms with Gasteiger partial charge in [0.05, 0.1) is 4.90 Å². The quantitative estimate of drug-likeness (QED) is 0.822. The molecule has 0 aromatic heterocycles. The van der Waals surface area contributed by atoms with Gasteiger partial charge in [-0.05, 0) is 33.2 Å². The van der Waals surface area contributed by atoms with Gasteiger partial charge in [0.2, 0.25) is 10.0 Å². The van der Waals surface area contributed by atoms with Crippen LogP contribution in [0.15, 0.2) is 23.1 Å². The van der Waals surface area contributed by atoms with E-state index in [4.69, 9.17) is 5.73 Å². The summed E-state index contributed by atoms with van der Waals surface area (Å²) in [5.41, 5.74) is 5.55. The van der Waals surface area contributed by atoms with Crippen molar-refractivity contribution in [2.45, 2.75) is 31.3 Å². The SMILES string of the molecule is CCN(C(C)CN(C)C)S(=O)(=O)c1cccc(F)c1CN. The molecule has 7 heteroatoms. The Balaban J connectivity index is 3.28. The van der Waals surface area contributed by atoms with Crippen molar-refractivity contribution in [1.82, 2.24) is 9.21 Å². The van der Waals surface area contributed by atoms with Gasteiger partial charge in [0, 0.05) is 31.2 Å². The minimum Gasteiger partial charge on any atom is -0.326 e. The summed E-state index contributed by atoms with van der Waals surface area (Å²) in [5, 5.41) is 0. The largest absolute Gasteiger partial charge is 0.326 e. The predicted molar refractivity (Wildman–Crippen MR) is 81.9 cm³/mol. The molecule has 1 atom stereocenters. The first-order chi connectivity index (χ1) is 9.75. The Hall–Kier alpha value is -1.02. The van der Waals surface area contributed by atoms with Crippen LogP contribution in [0.2, 0.25) is 0 Å². The molecule has 1 unspecified atom stereocenters. The molecule has 5 nitrogen and oxygen atoms in total. The van der Waals surface area contributed by atoms with E-state index in [9.17, 15) is 12.8 Å². The van der Waals surface area contributed by atoms with E-state index < -0.39 is 15.8 Å². The van der Waals surface area contributed by atoms with Gasteiger partial charge in [0.25, 0.3) is 0 Å². The summed E-state index contributed by atoms with van der Waals surface area (Å²) < 4.78 is 40.8. The maximum absolute atomic E-state index is 13.8. The highest BCUT2D eigenvalue weighted by Gasteiger charge is 2.30. The molecule has 1 aromatic carbocycles. The van der Waals surface area contributed by atoms with Gasteiger partial charge < -0.3 is 10.6 Å². The van der Waals surface area contributed by atoms with E-state index >= 15 is 0 Å². The van der Waals surface area contributed by atoms with Crippen LogP contribution in [0.25, 0.3) is 0 Å². The lowest BCUT2D eigenvalue weighted by Gasteiger charge is -2.29. The van der Waals surface area contributed by atoms with E-state index in [-0.39, 0.29) is 23.0 Å². The van der Waals surface area contributed by atoms with Gasteiger partial charge in [0.1, 0.15) is 5.82 Å². The van der Waals surface area contributed by atoms with Crippen LogP contribution in [0.5, 0.6) is 0 Å². The summed E-state index contributed by atoms with van der Waals surface area (Å²) in [6.07, 6.45) is 0. The highest BCUT2D eigenvalue weighted by Crippen LogP contribution is 2.24. The number of nitrogens with zero attached hydrogens (tertiary/aromatic N) is 2. The van der Waals surface area contributed by atoms with E-state index in [2.05, 4.69) is 0 Å². The number of hydrogen-bond donors (Lipinski definition) is 1. The Bertz CT molecular complexity index is 576. The fourth-order valence-electron chi connectivity index (χ4n) is 2.44. The number of benzene rings is 1. The molecule has 0 aliphatic rings. The number of likely N-dealkylation sites (N-methyl/N-ethyl adjacent to an activating group) is 2. The van der Waals surface area contributed by atoms with Crippen LogP contribution >= 0.6 is 0 Å². The first-order valence-electron chi connectivity index (χ1n) is 6.89. The molecule has 0 amide bonds. The third kappa shape index (κ3) is 4.00. The molecule has 0 saturated heterocycles. The first-order valence-corrected chi connectivity index (χ1v) is 8.33. The second-order valence-electron chi connectivity index (χ2n) is 5.24. The number of rotatable bonds is 7. The number of sulfonamides is 1. The third-order valence-electron chi connectivity index (χ3n) is 3.30. The monoisotopic (exact) mass is 317 g/mol. The topological polar surface area (TPSA) is 66.6 Å². The highest BCUT2D eigenvalue weighted by atomic mass is 32.2. The van der Waals surface area contributed by atoms with Crippen molar-refractivity contribution in [2.75, 3.05) is 27.2 Å². The molecule has 120 valence electrons. The summed E-state index contributed by atoms with van der Waals surface area (Å²) in [7, 11) is -0.0157. The van der Waals surface area contributed by atoms with E-state index in [1.54, 1.807) is 6.92 Å². The summed E-state index contributed by atoms with van der Waals surface area (Å²) >= 11 is 0. The Morgan fingerprint density at radius 1 is 1.33 bits per heavy atom. The van der Waals surface area contributed by atoms with Crippen LogP contribution in [0.1, 0.15) is 19.4 Å². The van der Waals surface area contributed by atoms with Crippen LogP contribution in [0, 0.1) is 5.82 Å². The average molecular weight is 317 g/mol. The number of halogens is 1. The second kappa shape index (κ2) is 7.31. The van der Waals surface area contributed by atoms with Crippen molar-refractivity contribution in [2.24, 2.45) is 5.73 Å². The van der Waals surface area contributed by atoms with Crippen molar-refractivity contribution in [3.63, 3.8) is 0 Å². The normalized spacial score (nSPS) is 13.9. The molecule has 0 aliphatic heterocycles. The maximum atomic E-state index is 13.8. The zero-order chi connectivity index (χ0) is 16.2. The Morgan fingerprint density at radius 2 is 1.95 bits per heavy atom. The Morgan fingerprint density at radius 3 is 2.43 bits per heavy atom. The standard InChI is InChI=1S/C14H24FN3O2S/c1-5-18(11(2)10-17(3)4)21(19,20)14-8-6-7-13(15)12(14)9-16/h6-8,11H,5,9-10,16H2,1-4H3. The molecule has 21 heavy (non-hydrogen) atoms. The van der Waals surface area contributed by atoms with E-state index in [1.807, 2.05) is 25.9 Å². The molecule has 1 aromatic rings. The predicted octanol–water partition coefficient (Wildman–Crippen LogP) is 1.25. The molecule has 0 radical (unpaired) electrons. The van der Waals surface area contributed by atoms with Crippen molar-refractivity contribution in [3.8, 4) is 0 Å². The summed E-state index contributed by atoms with van der Waals surface area (Å²) in [6.45, 7) is 4.35. The van der Waals surface area contributed by atoms with Gasteiger partial charge in [-0.25, -0.2) is 12.8 Å². The van der Waals surface area contributed by atoms with E-state index in [0.29, 0.717) is 13.1 Å². The van der Waals surface area contributed by atoms with E-state index in [1.165, 1.54) is 22.5 Å². The van der Waals surface area contributed by atoms with E-state index in [0.717, 1.165) is 0 Å². The third-order valence-corrected chi connectivity index (χ3v) is 5.47. The first kappa shape index (κ1) is 18.0. The van der Waals surface area contributed by atoms with Crippen LogP contribution in [-0.2, 0) is 16.6 Å². The Labute approximate surface area is 126 Å². The minimum absolute atomic E-state index is 0.0352. The van der Waals surface area contributed by atoms with Crippen molar-refractivity contribution < 1.29 is 12.8 Å². The lowest BCUT2D eigenvalue weighted by molar-refractivity contribution is 0.271. The van der Waals surface area contributed by atoms with Crippen molar-refractivity contribution >= 4 is 10.0 Å². The zero-order valence-corrected chi connectivity index (χ0v) is 13.8. The highest BCUT2D eigenvalue weighted by molar-refractivity contribution is 7.89. The maximum Gasteiger partial charge on any atom is 0.243 e. The zero-order valence-electron chi connectivity index (χ0n) is 13.0. The molecule has 0 spiro atoms. The van der Waals surface area contributed by atoms with Crippen LogP contribution in [0.3, 0.4) is 0 Å². The molecular weight excluding hydrogens is 293 g/mol.